The first-order valence-electron chi connectivity index (χ1n) is 8.99. The zero-order valence-corrected chi connectivity index (χ0v) is 14.8. The molecule has 1 atom stereocenters. The van der Waals surface area contributed by atoms with Crippen LogP contribution in [0.3, 0.4) is 0 Å². The highest BCUT2D eigenvalue weighted by Crippen LogP contribution is 2.53. The van der Waals surface area contributed by atoms with E-state index in [4.69, 9.17) is 0 Å². The molecular formula is C19H24N4O2. The summed E-state index contributed by atoms with van der Waals surface area (Å²) in [5, 5.41) is 8.15. The number of piperidine rings is 1. The van der Waals surface area contributed by atoms with E-state index in [1.165, 1.54) is 12.8 Å². The molecule has 132 valence electrons. The highest BCUT2D eigenvalue weighted by atomic mass is 16.2. The maximum atomic E-state index is 12.6. The number of aromatic nitrogens is 2. The molecule has 2 amide bonds. The molecule has 1 saturated heterocycles. The summed E-state index contributed by atoms with van der Waals surface area (Å²) in [5.74, 6) is -0.216. The zero-order valence-electron chi connectivity index (χ0n) is 14.8. The van der Waals surface area contributed by atoms with Crippen LogP contribution in [-0.4, -0.2) is 45.6 Å². The van der Waals surface area contributed by atoms with Gasteiger partial charge in [0.05, 0.1) is 5.52 Å². The van der Waals surface area contributed by atoms with Crippen LogP contribution in [0, 0.1) is 5.41 Å². The third kappa shape index (κ3) is 3.13. The van der Waals surface area contributed by atoms with Gasteiger partial charge in [-0.3, -0.25) is 14.3 Å². The summed E-state index contributed by atoms with van der Waals surface area (Å²) in [6.45, 7) is 3.40. The number of aryl methyl sites for hydroxylation is 1. The molecule has 4 rings (SSSR count). The van der Waals surface area contributed by atoms with Crippen LogP contribution >= 0.6 is 0 Å². The van der Waals surface area contributed by atoms with Crippen LogP contribution in [0.1, 0.15) is 43.0 Å². The Hall–Kier alpha value is -2.37. The molecule has 1 saturated carbocycles. The van der Waals surface area contributed by atoms with Crippen LogP contribution in [0.4, 0.5) is 0 Å². The molecule has 25 heavy (non-hydrogen) atoms. The van der Waals surface area contributed by atoms with Crippen molar-refractivity contribution in [1.82, 2.24) is 20.0 Å². The van der Waals surface area contributed by atoms with Gasteiger partial charge in [-0.25, -0.2) is 0 Å². The number of hydrogen-bond acceptors (Lipinski definition) is 3. The predicted octanol–water partition coefficient (Wildman–Crippen LogP) is 2.09. The first-order valence-corrected chi connectivity index (χ1v) is 8.99. The lowest BCUT2D eigenvalue weighted by atomic mass is 9.93. The summed E-state index contributed by atoms with van der Waals surface area (Å²) >= 11 is 0. The van der Waals surface area contributed by atoms with E-state index < -0.39 is 6.04 Å². The van der Waals surface area contributed by atoms with Crippen molar-refractivity contribution in [3.05, 3.63) is 30.0 Å². The highest BCUT2D eigenvalue weighted by Gasteiger charge is 2.45. The van der Waals surface area contributed by atoms with Gasteiger partial charge < -0.3 is 10.2 Å². The largest absolute Gasteiger partial charge is 0.341 e. The molecule has 2 aliphatic rings. The van der Waals surface area contributed by atoms with Gasteiger partial charge in [0.15, 0.2) is 0 Å². The van der Waals surface area contributed by atoms with Gasteiger partial charge in [-0.05, 0) is 50.2 Å². The highest BCUT2D eigenvalue weighted by molar-refractivity contribution is 6.00. The summed E-state index contributed by atoms with van der Waals surface area (Å²) in [5.41, 5.74) is 1.85. The summed E-state index contributed by atoms with van der Waals surface area (Å²) in [6.07, 6.45) is 6.76. The van der Waals surface area contributed by atoms with Gasteiger partial charge in [-0.2, -0.15) is 5.10 Å². The average Bonchev–Trinajstić information content (AvgIpc) is 3.24. The molecule has 1 spiro atoms. The third-order valence-corrected chi connectivity index (χ3v) is 5.69. The molecule has 1 N–H and O–H groups in total. The van der Waals surface area contributed by atoms with E-state index in [0.717, 1.165) is 36.8 Å². The van der Waals surface area contributed by atoms with Gasteiger partial charge in [0.1, 0.15) is 6.04 Å². The monoisotopic (exact) mass is 340 g/mol. The fourth-order valence-corrected chi connectivity index (χ4v) is 3.77. The molecular weight excluding hydrogens is 316 g/mol. The summed E-state index contributed by atoms with van der Waals surface area (Å²) in [7, 11) is 1.85. The number of benzene rings is 1. The first kappa shape index (κ1) is 16.1. The van der Waals surface area contributed by atoms with Crippen molar-refractivity contribution in [3.8, 4) is 0 Å². The molecule has 1 aromatic carbocycles. The number of amides is 2. The second-order valence-corrected chi connectivity index (χ2v) is 7.60. The Morgan fingerprint density at radius 1 is 1.20 bits per heavy atom. The minimum Gasteiger partial charge on any atom is -0.341 e. The Morgan fingerprint density at radius 2 is 1.92 bits per heavy atom. The third-order valence-electron chi connectivity index (χ3n) is 5.69. The molecule has 1 aliphatic carbocycles. The van der Waals surface area contributed by atoms with E-state index >= 15 is 0 Å². The van der Waals surface area contributed by atoms with E-state index in [2.05, 4.69) is 10.4 Å². The minimum atomic E-state index is -0.514. The fraction of sp³-hybridized carbons (Fsp3) is 0.526. The maximum Gasteiger partial charge on any atom is 0.251 e. The molecule has 2 fully saturated rings. The normalized spacial score (nSPS) is 19.8. The predicted molar refractivity (Wildman–Crippen MR) is 95.1 cm³/mol. The van der Waals surface area contributed by atoms with E-state index in [1.807, 2.05) is 24.2 Å². The smallest absolute Gasteiger partial charge is 0.251 e. The van der Waals surface area contributed by atoms with Gasteiger partial charge >= 0.3 is 0 Å². The number of rotatable bonds is 3. The van der Waals surface area contributed by atoms with Crippen molar-refractivity contribution in [2.45, 2.75) is 38.6 Å². The Balaban J connectivity index is 1.39. The van der Waals surface area contributed by atoms with Crippen LogP contribution in [0.15, 0.2) is 24.4 Å². The number of likely N-dealkylation sites (tertiary alicyclic amines) is 1. The quantitative estimate of drug-likeness (QED) is 0.930. The van der Waals surface area contributed by atoms with Crippen LogP contribution in [0.25, 0.3) is 10.9 Å². The molecule has 2 heterocycles. The van der Waals surface area contributed by atoms with E-state index in [1.54, 1.807) is 23.7 Å². The molecule has 0 unspecified atom stereocenters. The number of nitrogens with one attached hydrogen (secondary N) is 1. The molecule has 0 radical (unpaired) electrons. The number of nitrogens with zero attached hydrogens (tertiary/aromatic N) is 3. The standard InChI is InChI=1S/C19H24N4O2/c1-13(18(25)23-9-7-19(5-6-19)8-10-23)20-17(24)14-3-4-15-12-22(2)21-16(15)11-14/h3-4,11-13H,5-10H2,1-2H3,(H,20,24)/t13-/m1/s1. The number of hydrogen-bond donors (Lipinski definition) is 1. The second-order valence-electron chi connectivity index (χ2n) is 7.60. The van der Waals surface area contributed by atoms with Gasteiger partial charge in [-0.1, -0.05) is 6.07 Å². The number of carbonyl (C=O) groups is 2. The van der Waals surface area contributed by atoms with Crippen molar-refractivity contribution in [2.24, 2.45) is 12.5 Å². The van der Waals surface area contributed by atoms with Crippen molar-refractivity contribution < 1.29 is 9.59 Å². The van der Waals surface area contributed by atoms with Gasteiger partial charge in [-0.15, -0.1) is 0 Å². The van der Waals surface area contributed by atoms with Crippen molar-refractivity contribution >= 4 is 22.7 Å². The molecule has 1 aliphatic heterocycles. The summed E-state index contributed by atoms with van der Waals surface area (Å²) < 4.78 is 1.72. The first-order chi connectivity index (χ1) is 12.0. The van der Waals surface area contributed by atoms with Crippen LogP contribution in [-0.2, 0) is 11.8 Å². The lowest BCUT2D eigenvalue weighted by Gasteiger charge is -2.33. The average molecular weight is 340 g/mol. The Labute approximate surface area is 147 Å². The van der Waals surface area contributed by atoms with Crippen LogP contribution < -0.4 is 5.32 Å². The molecule has 1 aromatic heterocycles. The summed E-state index contributed by atoms with van der Waals surface area (Å²) in [4.78, 5) is 27.0. The zero-order chi connectivity index (χ0) is 17.6. The Kier molecular flexibility index (Phi) is 3.78. The lowest BCUT2D eigenvalue weighted by molar-refractivity contribution is -0.134. The number of carbonyl (C=O) groups excluding carboxylic acids is 2. The van der Waals surface area contributed by atoms with Gasteiger partial charge in [0.25, 0.3) is 5.91 Å². The van der Waals surface area contributed by atoms with Crippen molar-refractivity contribution in [2.75, 3.05) is 13.1 Å². The van der Waals surface area contributed by atoms with E-state index in [-0.39, 0.29) is 11.8 Å². The number of fused-ring (bicyclic) bond motifs is 1. The van der Waals surface area contributed by atoms with Crippen molar-refractivity contribution in [1.29, 1.82) is 0 Å². The molecule has 6 heteroatoms. The minimum absolute atomic E-state index is 0.0164. The van der Waals surface area contributed by atoms with Crippen LogP contribution in [0.5, 0.6) is 0 Å². The van der Waals surface area contributed by atoms with Crippen LogP contribution in [0.2, 0.25) is 0 Å². The topological polar surface area (TPSA) is 67.2 Å². The van der Waals surface area contributed by atoms with Gasteiger partial charge in [0.2, 0.25) is 5.91 Å². The SMILES string of the molecule is C[C@@H](NC(=O)c1ccc2cn(C)nc2c1)C(=O)N1CCC2(CC1)CC2. The summed E-state index contributed by atoms with van der Waals surface area (Å²) in [6, 6.07) is 4.90. The second kappa shape index (κ2) is 5.86. The van der Waals surface area contributed by atoms with E-state index in [0.29, 0.717) is 11.0 Å². The molecule has 6 nitrogen and oxygen atoms in total. The van der Waals surface area contributed by atoms with Crippen molar-refractivity contribution in [3.63, 3.8) is 0 Å². The van der Waals surface area contributed by atoms with E-state index in [9.17, 15) is 9.59 Å². The molecule has 2 aromatic rings. The fourth-order valence-electron chi connectivity index (χ4n) is 3.77. The Bertz CT molecular complexity index is 827. The maximum absolute atomic E-state index is 12.6. The Morgan fingerprint density at radius 3 is 2.60 bits per heavy atom. The molecule has 0 bridgehead atoms. The van der Waals surface area contributed by atoms with Gasteiger partial charge in [0, 0.05) is 37.3 Å². The lowest BCUT2D eigenvalue weighted by Crippen LogP contribution is -2.49.